The number of carbonyl (C=O) groups excluding carboxylic acids is 1. The van der Waals surface area contributed by atoms with Gasteiger partial charge in [-0.1, -0.05) is 25.5 Å². The number of amides is 1. The number of nitrogens with zero attached hydrogens (tertiary/aromatic N) is 2. The molecule has 3 saturated carbocycles. The monoisotopic (exact) mass is 494 g/mol. The third kappa shape index (κ3) is 3.95. The van der Waals surface area contributed by atoms with Gasteiger partial charge in [-0.15, -0.1) is 0 Å². The lowest BCUT2D eigenvalue weighted by Crippen LogP contribution is -2.53. The van der Waals surface area contributed by atoms with Crippen LogP contribution in [0.15, 0.2) is 39.3 Å². The summed E-state index contributed by atoms with van der Waals surface area (Å²) in [5, 5.41) is 0. The molecule has 1 aromatic rings. The normalized spacial score (nSPS) is 40.6. The van der Waals surface area contributed by atoms with Crippen molar-refractivity contribution in [1.82, 2.24) is 9.80 Å². The lowest BCUT2D eigenvalue weighted by Gasteiger charge is -2.59. The van der Waals surface area contributed by atoms with Gasteiger partial charge in [0.15, 0.2) is 0 Å². The third-order valence-corrected chi connectivity index (χ3v) is 11.2. The van der Waals surface area contributed by atoms with Gasteiger partial charge in [0.05, 0.1) is 6.26 Å². The Kier molecular flexibility index (Phi) is 6.09. The van der Waals surface area contributed by atoms with E-state index in [1.54, 1.807) is 17.9 Å². The number of likely N-dealkylation sites (N-methyl/N-ethyl adjacent to an activating group) is 1. The molecule has 7 atom stereocenters. The first kappa shape index (κ1) is 24.3. The van der Waals surface area contributed by atoms with Gasteiger partial charge >= 0.3 is 11.7 Å². The van der Waals surface area contributed by atoms with E-state index >= 15 is 0 Å². The van der Waals surface area contributed by atoms with Gasteiger partial charge in [0.25, 0.3) is 0 Å². The van der Waals surface area contributed by atoms with Crippen molar-refractivity contribution in [3.8, 4) is 0 Å². The van der Waals surface area contributed by atoms with Gasteiger partial charge in [-0.2, -0.15) is 0 Å². The van der Waals surface area contributed by atoms with Crippen LogP contribution in [0, 0.1) is 28.6 Å². The Bertz CT molecular complexity index is 1070. The van der Waals surface area contributed by atoms with Gasteiger partial charge in [0.2, 0.25) is 0 Å². The molecule has 0 radical (unpaired) electrons. The molecule has 4 fully saturated rings. The van der Waals surface area contributed by atoms with E-state index < -0.39 is 0 Å². The molecule has 1 aliphatic heterocycles. The van der Waals surface area contributed by atoms with E-state index in [0.29, 0.717) is 23.2 Å². The molecule has 6 rings (SSSR count). The predicted octanol–water partition coefficient (Wildman–Crippen LogP) is 5.44. The summed E-state index contributed by atoms with van der Waals surface area (Å²) in [6.45, 7) is 8.42. The second-order valence-corrected chi connectivity index (χ2v) is 12.9. The fourth-order valence-electron chi connectivity index (χ4n) is 8.93. The molecule has 0 unspecified atom stereocenters. The van der Waals surface area contributed by atoms with Crippen LogP contribution in [0.1, 0.15) is 76.7 Å². The second-order valence-electron chi connectivity index (χ2n) is 12.9. The van der Waals surface area contributed by atoms with Crippen LogP contribution in [0.2, 0.25) is 0 Å². The minimum Gasteiger partial charge on any atom is -0.446 e. The molecule has 6 nitrogen and oxygen atoms in total. The van der Waals surface area contributed by atoms with Crippen LogP contribution in [0.25, 0.3) is 0 Å². The molecule has 0 spiro atoms. The number of piperazine rings is 1. The highest BCUT2D eigenvalue weighted by atomic mass is 16.6. The van der Waals surface area contributed by atoms with Gasteiger partial charge in [0, 0.05) is 32.2 Å². The van der Waals surface area contributed by atoms with Crippen LogP contribution in [-0.2, 0) is 4.74 Å². The maximum Gasteiger partial charge on any atom is 0.410 e. The Balaban J connectivity index is 1.13. The van der Waals surface area contributed by atoms with E-state index in [-0.39, 0.29) is 23.2 Å². The molecule has 1 amide bonds. The van der Waals surface area contributed by atoms with Gasteiger partial charge in [-0.25, -0.2) is 9.59 Å². The molecule has 6 heteroatoms. The molecule has 1 aromatic heterocycles. The summed E-state index contributed by atoms with van der Waals surface area (Å²) < 4.78 is 11.3. The number of ether oxygens (including phenoxy) is 1. The molecule has 196 valence electrons. The Morgan fingerprint density at radius 2 is 1.86 bits per heavy atom. The number of rotatable bonds is 2. The Hall–Kier alpha value is -2.08. The molecule has 4 aliphatic carbocycles. The summed E-state index contributed by atoms with van der Waals surface area (Å²) in [6.07, 6.45) is 13.4. The van der Waals surface area contributed by atoms with Crippen molar-refractivity contribution in [2.45, 2.75) is 77.2 Å². The van der Waals surface area contributed by atoms with E-state index in [0.717, 1.165) is 57.8 Å². The van der Waals surface area contributed by atoms with Crippen molar-refractivity contribution in [2.75, 3.05) is 33.2 Å². The van der Waals surface area contributed by atoms with Crippen molar-refractivity contribution in [2.24, 2.45) is 28.6 Å². The van der Waals surface area contributed by atoms with E-state index in [9.17, 15) is 9.59 Å². The summed E-state index contributed by atoms with van der Waals surface area (Å²) in [5.74, 6) is 2.43. The Morgan fingerprint density at radius 1 is 1.06 bits per heavy atom. The average molecular weight is 495 g/mol. The average Bonchev–Trinajstić information content (AvgIpc) is 3.22. The maximum absolute atomic E-state index is 12.8. The van der Waals surface area contributed by atoms with Crippen LogP contribution in [0.3, 0.4) is 0 Å². The predicted molar refractivity (Wildman–Crippen MR) is 139 cm³/mol. The highest BCUT2D eigenvalue weighted by Gasteiger charge is 2.58. The molecule has 5 aliphatic rings. The molecular weight excluding hydrogens is 452 g/mol. The molecule has 1 saturated heterocycles. The number of allylic oxidation sites excluding steroid dienone is 2. The van der Waals surface area contributed by atoms with Crippen LogP contribution in [0.5, 0.6) is 0 Å². The summed E-state index contributed by atoms with van der Waals surface area (Å²) in [6, 6.07) is 3.55. The van der Waals surface area contributed by atoms with Gasteiger partial charge in [-0.3, -0.25) is 0 Å². The first-order valence-corrected chi connectivity index (χ1v) is 14.2. The maximum atomic E-state index is 12.8. The summed E-state index contributed by atoms with van der Waals surface area (Å²) in [4.78, 5) is 28.5. The standard InChI is InChI=1S/C30H42N2O4/c1-29-12-10-22(36-28(34)32-16-14-31(3)15-17-32)18-21(29)5-6-23-25-8-7-24(20-4-9-27(33)35-19-20)30(25,2)13-11-26(23)29/h4,8-9,19,21-24,26H,5-7,10-18H2,1-3H3/t21-,22+,23+,24-,26+,29+,30-/m1/s1. The van der Waals surface area contributed by atoms with Crippen LogP contribution in [0.4, 0.5) is 4.79 Å². The number of carbonyl (C=O) groups is 1. The summed E-state index contributed by atoms with van der Waals surface area (Å²) in [7, 11) is 2.11. The lowest BCUT2D eigenvalue weighted by atomic mass is 9.46. The van der Waals surface area contributed by atoms with Crippen LogP contribution in [-0.4, -0.2) is 55.2 Å². The molecule has 2 heterocycles. The highest BCUT2D eigenvalue weighted by Crippen LogP contribution is 2.67. The van der Waals surface area contributed by atoms with E-state index in [2.05, 4.69) is 31.9 Å². The largest absolute Gasteiger partial charge is 0.446 e. The number of fused-ring (bicyclic) bond motifs is 5. The quantitative estimate of drug-likeness (QED) is 0.513. The van der Waals surface area contributed by atoms with Crippen molar-refractivity contribution in [3.05, 3.63) is 46.0 Å². The minimum atomic E-state index is -0.269. The highest BCUT2D eigenvalue weighted by molar-refractivity contribution is 5.68. The third-order valence-electron chi connectivity index (χ3n) is 11.2. The smallest absolute Gasteiger partial charge is 0.410 e. The Labute approximate surface area is 215 Å². The van der Waals surface area contributed by atoms with Crippen molar-refractivity contribution >= 4 is 6.09 Å². The first-order chi connectivity index (χ1) is 17.3. The zero-order valence-corrected chi connectivity index (χ0v) is 22.2. The van der Waals surface area contributed by atoms with Crippen molar-refractivity contribution in [3.63, 3.8) is 0 Å². The lowest BCUT2D eigenvalue weighted by molar-refractivity contribution is -0.0877. The van der Waals surface area contributed by atoms with Crippen LogP contribution < -0.4 is 5.63 Å². The summed E-state index contributed by atoms with van der Waals surface area (Å²) >= 11 is 0. The molecular formula is C30H42N2O4. The first-order valence-electron chi connectivity index (χ1n) is 14.2. The van der Waals surface area contributed by atoms with E-state index in [1.165, 1.54) is 31.2 Å². The number of hydrogen-bond acceptors (Lipinski definition) is 5. The van der Waals surface area contributed by atoms with E-state index in [4.69, 9.17) is 9.15 Å². The SMILES string of the molecule is CN1CCN(C(=O)O[C@H]2CC[C@@]3(C)[C@H](CC[C@H]4C5=CC[C@H](c6ccc(=O)oc6)[C@@]5(C)CC[C@@H]43)C2)CC1. The molecule has 0 bridgehead atoms. The van der Waals surface area contributed by atoms with Gasteiger partial charge < -0.3 is 19.0 Å². The molecule has 36 heavy (non-hydrogen) atoms. The van der Waals surface area contributed by atoms with Gasteiger partial charge in [0.1, 0.15) is 6.10 Å². The fraction of sp³-hybridized carbons (Fsp3) is 0.733. The zero-order chi connectivity index (χ0) is 25.1. The summed E-state index contributed by atoms with van der Waals surface area (Å²) in [5.41, 5.74) is 3.08. The van der Waals surface area contributed by atoms with Crippen molar-refractivity contribution in [1.29, 1.82) is 0 Å². The minimum absolute atomic E-state index is 0.0726. The zero-order valence-electron chi connectivity index (χ0n) is 22.2. The van der Waals surface area contributed by atoms with E-state index in [1.807, 2.05) is 11.0 Å². The Morgan fingerprint density at radius 3 is 2.61 bits per heavy atom. The second kappa shape index (κ2) is 9.04. The van der Waals surface area contributed by atoms with Gasteiger partial charge in [-0.05, 0) is 105 Å². The molecule has 0 aromatic carbocycles. The van der Waals surface area contributed by atoms with Crippen LogP contribution >= 0.6 is 0 Å². The molecule has 0 N–H and O–H groups in total. The topological polar surface area (TPSA) is 63.0 Å². The van der Waals surface area contributed by atoms with Crippen molar-refractivity contribution < 1.29 is 13.9 Å². The number of hydrogen-bond donors (Lipinski definition) is 0. The fourth-order valence-corrected chi connectivity index (χ4v) is 8.93.